The highest BCUT2D eigenvalue weighted by Crippen LogP contribution is 2.29. The Kier molecular flexibility index (Phi) is 6.25. The summed E-state index contributed by atoms with van der Waals surface area (Å²) in [5, 5.41) is 4.11. The number of carbonyl (C=O) groups excluding carboxylic acids is 1. The maximum Gasteiger partial charge on any atom is 0.267 e. The topological polar surface area (TPSA) is 64.0 Å². The fraction of sp³-hybridized carbons (Fsp3) is 0.208. The Hall–Kier alpha value is -2.90. The molecule has 2 aromatic carbocycles. The molecule has 158 valence electrons. The van der Waals surface area contributed by atoms with E-state index in [1.54, 1.807) is 4.57 Å². The smallest absolute Gasteiger partial charge is 0.267 e. The lowest BCUT2D eigenvalue weighted by Crippen LogP contribution is -2.26. The molecule has 0 radical (unpaired) electrons. The van der Waals surface area contributed by atoms with Gasteiger partial charge in [0.1, 0.15) is 4.83 Å². The van der Waals surface area contributed by atoms with Crippen LogP contribution in [0.5, 0.6) is 0 Å². The van der Waals surface area contributed by atoms with Crippen LogP contribution >= 0.6 is 23.1 Å². The van der Waals surface area contributed by atoms with Crippen LogP contribution in [0.25, 0.3) is 15.9 Å². The summed E-state index contributed by atoms with van der Waals surface area (Å²) >= 11 is 2.80. The normalized spacial score (nSPS) is 11.1. The summed E-state index contributed by atoms with van der Waals surface area (Å²) in [4.78, 5) is 32.5. The van der Waals surface area contributed by atoms with Gasteiger partial charge in [0, 0.05) is 11.4 Å². The molecular weight excluding hydrogens is 426 g/mol. The molecule has 0 spiro atoms. The van der Waals surface area contributed by atoms with Crippen molar-refractivity contribution in [2.75, 3.05) is 5.75 Å². The van der Waals surface area contributed by atoms with E-state index in [1.807, 2.05) is 75.4 Å². The van der Waals surface area contributed by atoms with Crippen molar-refractivity contribution in [3.05, 3.63) is 86.5 Å². The van der Waals surface area contributed by atoms with Crippen LogP contribution in [-0.4, -0.2) is 21.2 Å². The van der Waals surface area contributed by atoms with Crippen molar-refractivity contribution >= 4 is 39.2 Å². The first-order valence-corrected chi connectivity index (χ1v) is 11.8. The van der Waals surface area contributed by atoms with Gasteiger partial charge in [-0.1, -0.05) is 59.8 Å². The van der Waals surface area contributed by atoms with Gasteiger partial charge in [-0.3, -0.25) is 14.2 Å². The second-order valence-corrected chi connectivity index (χ2v) is 9.53. The standard InChI is InChI=1S/C24H23N3O2S2/c1-15-9-11-19(12-10-15)27-23(29)21-16(2)17(3)31-22(21)26-24(27)30-14-20(28)25-13-18-7-5-4-6-8-18/h4-12H,13-14H2,1-3H3,(H,25,28). The average molecular weight is 450 g/mol. The largest absolute Gasteiger partial charge is 0.351 e. The number of aromatic nitrogens is 2. The fourth-order valence-corrected chi connectivity index (χ4v) is 5.18. The minimum absolute atomic E-state index is 0.0945. The van der Waals surface area contributed by atoms with Crippen LogP contribution in [0.1, 0.15) is 21.6 Å². The molecule has 0 fully saturated rings. The van der Waals surface area contributed by atoms with Crippen LogP contribution in [-0.2, 0) is 11.3 Å². The summed E-state index contributed by atoms with van der Waals surface area (Å²) in [6.45, 7) is 6.44. The van der Waals surface area contributed by atoms with Gasteiger partial charge in [0.2, 0.25) is 5.91 Å². The first-order valence-electron chi connectivity index (χ1n) is 9.97. The second-order valence-electron chi connectivity index (χ2n) is 7.38. The molecule has 7 heteroatoms. The Labute approximate surface area is 189 Å². The second kappa shape index (κ2) is 9.08. The third kappa shape index (κ3) is 4.57. The average Bonchev–Trinajstić information content (AvgIpc) is 3.06. The molecular formula is C24H23N3O2S2. The number of benzene rings is 2. The minimum Gasteiger partial charge on any atom is -0.351 e. The molecule has 2 aromatic heterocycles. The van der Waals surface area contributed by atoms with Gasteiger partial charge in [0.05, 0.1) is 16.8 Å². The van der Waals surface area contributed by atoms with Crippen molar-refractivity contribution < 1.29 is 4.79 Å². The van der Waals surface area contributed by atoms with Gasteiger partial charge in [-0.25, -0.2) is 4.98 Å². The molecule has 0 bridgehead atoms. The highest BCUT2D eigenvalue weighted by molar-refractivity contribution is 7.99. The van der Waals surface area contributed by atoms with Crippen molar-refractivity contribution in [3.8, 4) is 5.69 Å². The van der Waals surface area contributed by atoms with Gasteiger partial charge in [-0.05, 0) is 44.0 Å². The Morgan fingerprint density at radius 3 is 2.48 bits per heavy atom. The lowest BCUT2D eigenvalue weighted by atomic mass is 10.2. The number of amides is 1. The van der Waals surface area contributed by atoms with E-state index in [2.05, 4.69) is 5.32 Å². The number of nitrogens with one attached hydrogen (secondary N) is 1. The zero-order valence-corrected chi connectivity index (χ0v) is 19.3. The molecule has 0 unspecified atom stereocenters. The van der Waals surface area contributed by atoms with Crippen LogP contribution < -0.4 is 10.9 Å². The van der Waals surface area contributed by atoms with Gasteiger partial charge in [-0.15, -0.1) is 11.3 Å². The summed E-state index contributed by atoms with van der Waals surface area (Å²) < 4.78 is 1.62. The molecule has 0 aliphatic carbocycles. The zero-order valence-electron chi connectivity index (χ0n) is 17.6. The van der Waals surface area contributed by atoms with Crippen LogP contribution in [0.3, 0.4) is 0 Å². The van der Waals surface area contributed by atoms with Crippen molar-refractivity contribution in [2.24, 2.45) is 0 Å². The van der Waals surface area contributed by atoms with E-state index >= 15 is 0 Å². The van der Waals surface area contributed by atoms with Crippen molar-refractivity contribution in [1.29, 1.82) is 0 Å². The first kappa shape index (κ1) is 21.3. The maximum atomic E-state index is 13.4. The van der Waals surface area contributed by atoms with Gasteiger partial charge in [-0.2, -0.15) is 0 Å². The maximum absolute atomic E-state index is 13.4. The molecule has 0 saturated carbocycles. The van der Waals surface area contributed by atoms with Crippen LogP contribution in [0.4, 0.5) is 0 Å². The highest BCUT2D eigenvalue weighted by atomic mass is 32.2. The Morgan fingerprint density at radius 2 is 1.77 bits per heavy atom. The third-order valence-electron chi connectivity index (χ3n) is 5.13. The molecule has 1 amide bonds. The fourth-order valence-electron chi connectivity index (χ4n) is 3.27. The van der Waals surface area contributed by atoms with E-state index in [9.17, 15) is 9.59 Å². The number of fused-ring (bicyclic) bond motifs is 1. The molecule has 1 N–H and O–H groups in total. The SMILES string of the molecule is Cc1ccc(-n2c(SCC(=O)NCc3ccccc3)nc3sc(C)c(C)c3c2=O)cc1. The molecule has 2 heterocycles. The van der Waals surface area contributed by atoms with Gasteiger partial charge >= 0.3 is 0 Å². The number of thiophene rings is 1. The van der Waals surface area contributed by atoms with Gasteiger partial charge in [0.15, 0.2) is 5.16 Å². The van der Waals surface area contributed by atoms with Gasteiger partial charge < -0.3 is 5.32 Å². The first-order chi connectivity index (χ1) is 14.9. The molecule has 5 nitrogen and oxygen atoms in total. The van der Waals surface area contributed by atoms with E-state index in [0.29, 0.717) is 17.1 Å². The molecule has 4 aromatic rings. The number of hydrogen-bond donors (Lipinski definition) is 1. The van der Waals surface area contributed by atoms with Gasteiger partial charge in [0.25, 0.3) is 5.56 Å². The summed E-state index contributed by atoms with van der Waals surface area (Å²) in [6, 6.07) is 17.6. The zero-order chi connectivity index (χ0) is 22.0. The number of hydrogen-bond acceptors (Lipinski definition) is 5. The van der Waals surface area contributed by atoms with E-state index in [0.717, 1.165) is 32.1 Å². The lowest BCUT2D eigenvalue weighted by molar-refractivity contribution is -0.118. The Balaban J connectivity index is 1.64. The Morgan fingerprint density at radius 1 is 1.06 bits per heavy atom. The molecule has 0 aliphatic heterocycles. The number of thioether (sulfide) groups is 1. The van der Waals surface area contributed by atoms with E-state index in [-0.39, 0.29) is 17.2 Å². The number of carbonyl (C=O) groups is 1. The monoisotopic (exact) mass is 449 g/mol. The molecule has 4 rings (SSSR count). The summed E-state index contributed by atoms with van der Waals surface area (Å²) in [6.07, 6.45) is 0. The van der Waals surface area contributed by atoms with Crippen molar-refractivity contribution in [3.63, 3.8) is 0 Å². The van der Waals surface area contributed by atoms with Crippen LogP contribution in [0, 0.1) is 20.8 Å². The van der Waals surface area contributed by atoms with E-state index in [1.165, 1.54) is 23.1 Å². The molecule has 31 heavy (non-hydrogen) atoms. The van der Waals surface area contributed by atoms with E-state index < -0.39 is 0 Å². The summed E-state index contributed by atoms with van der Waals surface area (Å²) in [5.74, 6) is 0.0807. The van der Waals surface area contributed by atoms with Crippen LogP contribution in [0.15, 0.2) is 64.5 Å². The lowest BCUT2D eigenvalue weighted by Gasteiger charge is -2.13. The minimum atomic E-state index is -0.0998. The number of aryl methyl sites for hydroxylation is 3. The number of rotatable bonds is 6. The third-order valence-corrected chi connectivity index (χ3v) is 7.17. The van der Waals surface area contributed by atoms with Crippen LogP contribution in [0.2, 0.25) is 0 Å². The van der Waals surface area contributed by atoms with Crippen molar-refractivity contribution in [2.45, 2.75) is 32.5 Å². The quantitative estimate of drug-likeness (QED) is 0.340. The predicted molar refractivity (Wildman–Crippen MR) is 128 cm³/mol. The Bertz CT molecular complexity index is 1290. The van der Waals surface area contributed by atoms with Crippen molar-refractivity contribution in [1.82, 2.24) is 14.9 Å². The highest BCUT2D eigenvalue weighted by Gasteiger charge is 2.18. The predicted octanol–water partition coefficient (Wildman–Crippen LogP) is 4.78. The number of nitrogens with zero attached hydrogens (tertiary/aromatic N) is 2. The molecule has 0 atom stereocenters. The molecule has 0 aliphatic rings. The summed E-state index contributed by atoms with van der Waals surface area (Å²) in [7, 11) is 0. The molecule has 0 saturated heterocycles. The van der Waals surface area contributed by atoms with E-state index in [4.69, 9.17) is 4.98 Å². The summed E-state index contributed by atoms with van der Waals surface area (Å²) in [5.41, 5.74) is 3.78.